The van der Waals surface area contributed by atoms with Crippen molar-refractivity contribution >= 4 is 22.6 Å². The van der Waals surface area contributed by atoms with Crippen LogP contribution >= 0.6 is 22.6 Å². The maximum Gasteiger partial charge on any atom is 0.0934 e. The summed E-state index contributed by atoms with van der Waals surface area (Å²) in [5.41, 5.74) is -0.0607. The second-order valence-corrected chi connectivity index (χ2v) is 6.60. The first-order valence-corrected chi connectivity index (χ1v) is 6.70. The molecule has 0 radical (unpaired) electrons. The van der Waals surface area contributed by atoms with Gasteiger partial charge in [0.25, 0.3) is 0 Å². The molecule has 0 spiro atoms. The van der Waals surface area contributed by atoms with Crippen LogP contribution in [-0.4, -0.2) is 42.6 Å². The van der Waals surface area contributed by atoms with Crippen LogP contribution in [0.5, 0.6) is 0 Å². The Kier molecular flexibility index (Phi) is 3.60. The van der Waals surface area contributed by atoms with Crippen molar-refractivity contribution < 1.29 is 14.2 Å². The minimum atomic E-state index is -0.0304. The van der Waals surface area contributed by atoms with Crippen LogP contribution in [0.1, 0.15) is 25.7 Å². The molecule has 0 aromatic heterocycles. The molecule has 2 aliphatic heterocycles. The highest BCUT2D eigenvalue weighted by Crippen LogP contribution is 2.50. The Balaban J connectivity index is 2.12. The summed E-state index contributed by atoms with van der Waals surface area (Å²) in [6, 6.07) is 0. The molecule has 0 saturated carbocycles. The van der Waals surface area contributed by atoms with Crippen LogP contribution < -0.4 is 0 Å². The molecule has 0 aromatic carbocycles. The standard InChI is InChI=1S/C11H19IO3/c1-13-7-10-3-4-11(15-10,8-14-2)6-9(12)5-10/h9H,3-8H2,1-2H3/t9?,10-,11+. The van der Waals surface area contributed by atoms with E-state index in [4.69, 9.17) is 14.2 Å². The average Bonchev–Trinajstić information content (AvgIpc) is 2.39. The molecule has 0 amide bonds. The fourth-order valence-electron chi connectivity index (χ4n) is 3.03. The second-order valence-electron chi connectivity index (χ2n) is 4.84. The number of halogens is 1. The van der Waals surface area contributed by atoms with Gasteiger partial charge in [0.1, 0.15) is 0 Å². The van der Waals surface area contributed by atoms with Gasteiger partial charge < -0.3 is 14.2 Å². The van der Waals surface area contributed by atoms with Gasteiger partial charge >= 0.3 is 0 Å². The summed E-state index contributed by atoms with van der Waals surface area (Å²) in [6.07, 6.45) is 4.47. The van der Waals surface area contributed by atoms with Crippen molar-refractivity contribution in [2.75, 3.05) is 27.4 Å². The molecule has 4 heteroatoms. The maximum atomic E-state index is 6.27. The first kappa shape index (κ1) is 12.1. The molecule has 3 atom stereocenters. The molecule has 2 saturated heterocycles. The number of alkyl halides is 1. The summed E-state index contributed by atoms with van der Waals surface area (Å²) >= 11 is 2.54. The zero-order valence-corrected chi connectivity index (χ0v) is 11.6. The summed E-state index contributed by atoms with van der Waals surface area (Å²) in [5.74, 6) is 0. The van der Waals surface area contributed by atoms with Crippen LogP contribution in [0.4, 0.5) is 0 Å². The van der Waals surface area contributed by atoms with Crippen molar-refractivity contribution in [2.45, 2.75) is 40.8 Å². The van der Waals surface area contributed by atoms with Crippen molar-refractivity contribution in [3.8, 4) is 0 Å². The van der Waals surface area contributed by atoms with Crippen molar-refractivity contribution in [1.82, 2.24) is 0 Å². The molecule has 3 nitrogen and oxygen atoms in total. The van der Waals surface area contributed by atoms with Gasteiger partial charge in [-0.3, -0.25) is 0 Å². The molecule has 0 aliphatic carbocycles. The molecule has 2 heterocycles. The third-order valence-corrected chi connectivity index (χ3v) is 4.35. The highest BCUT2D eigenvalue weighted by Gasteiger charge is 2.54. The molecular weight excluding hydrogens is 307 g/mol. The summed E-state index contributed by atoms with van der Waals surface area (Å²) in [6.45, 7) is 1.44. The van der Waals surface area contributed by atoms with E-state index in [1.807, 2.05) is 0 Å². The lowest BCUT2D eigenvalue weighted by Crippen LogP contribution is -2.48. The monoisotopic (exact) mass is 326 g/mol. The Labute approximate surface area is 105 Å². The molecule has 2 rings (SSSR count). The Bertz CT molecular complexity index is 214. The lowest BCUT2D eigenvalue weighted by molar-refractivity contribution is -0.175. The van der Waals surface area contributed by atoms with E-state index in [1.165, 1.54) is 0 Å². The summed E-state index contributed by atoms with van der Waals surface area (Å²) < 4.78 is 17.6. The first-order valence-electron chi connectivity index (χ1n) is 5.46. The zero-order chi connectivity index (χ0) is 10.9. The maximum absolute atomic E-state index is 6.27. The van der Waals surface area contributed by atoms with Crippen LogP contribution in [-0.2, 0) is 14.2 Å². The Hall–Kier alpha value is 0.610. The smallest absolute Gasteiger partial charge is 0.0934 e. The van der Waals surface area contributed by atoms with E-state index in [-0.39, 0.29) is 11.2 Å². The number of rotatable bonds is 4. The summed E-state index contributed by atoms with van der Waals surface area (Å²) in [5, 5.41) is 0. The number of fused-ring (bicyclic) bond motifs is 2. The quantitative estimate of drug-likeness (QED) is 0.585. The highest BCUT2D eigenvalue weighted by atomic mass is 127. The van der Waals surface area contributed by atoms with E-state index in [9.17, 15) is 0 Å². The fourth-order valence-corrected chi connectivity index (χ4v) is 4.64. The second kappa shape index (κ2) is 4.47. The fraction of sp³-hybridized carbons (Fsp3) is 1.00. The Morgan fingerprint density at radius 1 is 1.13 bits per heavy atom. The number of methoxy groups -OCH3 is 2. The topological polar surface area (TPSA) is 27.7 Å². The molecule has 2 bridgehead atoms. The average molecular weight is 326 g/mol. The number of ether oxygens (including phenoxy) is 3. The Morgan fingerprint density at radius 3 is 2.00 bits per heavy atom. The van der Waals surface area contributed by atoms with Gasteiger partial charge in [-0.25, -0.2) is 0 Å². The van der Waals surface area contributed by atoms with Crippen molar-refractivity contribution in [3.63, 3.8) is 0 Å². The van der Waals surface area contributed by atoms with Gasteiger partial charge in [-0.05, 0) is 25.7 Å². The van der Waals surface area contributed by atoms with Crippen LogP contribution in [0.3, 0.4) is 0 Å². The van der Waals surface area contributed by atoms with E-state index < -0.39 is 0 Å². The van der Waals surface area contributed by atoms with E-state index in [1.54, 1.807) is 14.2 Å². The molecule has 2 fully saturated rings. The predicted molar refractivity (Wildman–Crippen MR) is 66.6 cm³/mol. The van der Waals surface area contributed by atoms with Crippen LogP contribution in [0.25, 0.3) is 0 Å². The molecule has 15 heavy (non-hydrogen) atoms. The molecule has 2 aliphatic rings. The van der Waals surface area contributed by atoms with E-state index in [2.05, 4.69) is 22.6 Å². The lowest BCUT2D eigenvalue weighted by atomic mass is 9.93. The SMILES string of the molecule is COC[C@@]12CC[C@@](COC)(CC(I)C1)O2. The largest absolute Gasteiger partial charge is 0.382 e. The van der Waals surface area contributed by atoms with Gasteiger partial charge in [0.15, 0.2) is 0 Å². The van der Waals surface area contributed by atoms with Crippen molar-refractivity contribution in [3.05, 3.63) is 0 Å². The van der Waals surface area contributed by atoms with E-state index in [0.29, 0.717) is 3.92 Å². The minimum Gasteiger partial charge on any atom is -0.382 e. The van der Waals surface area contributed by atoms with E-state index >= 15 is 0 Å². The highest BCUT2D eigenvalue weighted by molar-refractivity contribution is 14.1. The van der Waals surface area contributed by atoms with Crippen LogP contribution in [0.2, 0.25) is 0 Å². The van der Waals surface area contributed by atoms with Gasteiger partial charge in [0.05, 0.1) is 24.4 Å². The lowest BCUT2D eigenvalue weighted by Gasteiger charge is -2.42. The predicted octanol–water partition coefficient (Wildman–Crippen LogP) is 2.16. The van der Waals surface area contributed by atoms with Gasteiger partial charge in [0, 0.05) is 18.1 Å². The molecule has 0 N–H and O–H groups in total. The van der Waals surface area contributed by atoms with Crippen molar-refractivity contribution in [2.24, 2.45) is 0 Å². The van der Waals surface area contributed by atoms with Gasteiger partial charge in [-0.1, -0.05) is 22.6 Å². The molecular formula is C11H19IO3. The van der Waals surface area contributed by atoms with Gasteiger partial charge in [0.2, 0.25) is 0 Å². The van der Waals surface area contributed by atoms with Crippen LogP contribution in [0, 0.1) is 0 Å². The molecule has 0 aromatic rings. The normalized spacial score (nSPS) is 44.6. The number of hydrogen-bond acceptors (Lipinski definition) is 3. The zero-order valence-electron chi connectivity index (χ0n) is 9.42. The summed E-state index contributed by atoms with van der Waals surface area (Å²) in [4.78, 5) is 0. The Morgan fingerprint density at radius 2 is 1.60 bits per heavy atom. The van der Waals surface area contributed by atoms with Crippen molar-refractivity contribution in [1.29, 1.82) is 0 Å². The molecule has 1 unspecified atom stereocenters. The number of hydrogen-bond donors (Lipinski definition) is 0. The summed E-state index contributed by atoms with van der Waals surface area (Å²) in [7, 11) is 3.51. The first-order chi connectivity index (χ1) is 7.14. The third-order valence-electron chi connectivity index (χ3n) is 3.47. The minimum absolute atomic E-state index is 0.0304. The third kappa shape index (κ3) is 2.33. The molecule has 88 valence electrons. The van der Waals surface area contributed by atoms with Gasteiger partial charge in [-0.2, -0.15) is 0 Å². The van der Waals surface area contributed by atoms with Crippen LogP contribution in [0.15, 0.2) is 0 Å². The van der Waals surface area contributed by atoms with E-state index in [0.717, 1.165) is 38.9 Å². The van der Waals surface area contributed by atoms with Gasteiger partial charge in [-0.15, -0.1) is 0 Å².